The summed E-state index contributed by atoms with van der Waals surface area (Å²) in [6.07, 6.45) is 3.74. The largest absolute Gasteiger partial charge is 0.493 e. The fraction of sp³-hybridized carbons (Fsp3) is 0.304. The van der Waals surface area contributed by atoms with Crippen molar-refractivity contribution in [3.8, 4) is 11.5 Å². The Morgan fingerprint density at radius 1 is 1.27 bits per heavy atom. The van der Waals surface area contributed by atoms with Crippen molar-refractivity contribution in [2.24, 2.45) is 0 Å². The molecule has 0 unspecified atom stereocenters. The second-order valence-corrected chi connectivity index (χ2v) is 6.91. The molecule has 3 rings (SSSR count). The normalized spacial score (nSPS) is 14.8. The zero-order valence-electron chi connectivity index (χ0n) is 16.9. The Labute approximate surface area is 174 Å². The maximum atomic E-state index is 12.9. The van der Waals surface area contributed by atoms with Crippen LogP contribution in [-0.2, 0) is 27.3 Å². The molecule has 0 saturated heterocycles. The minimum absolute atomic E-state index is 0.104. The molecule has 0 spiro atoms. The molecule has 1 heterocycles. The van der Waals surface area contributed by atoms with E-state index >= 15 is 0 Å². The first-order valence-electron chi connectivity index (χ1n) is 9.77. The third-order valence-corrected chi connectivity index (χ3v) is 4.48. The predicted octanol–water partition coefficient (Wildman–Crippen LogP) is 3.42. The van der Waals surface area contributed by atoms with Crippen LogP contribution in [0.1, 0.15) is 30.5 Å². The van der Waals surface area contributed by atoms with Crippen LogP contribution in [-0.4, -0.2) is 31.2 Å². The Balaban J connectivity index is 1.52. The van der Waals surface area contributed by atoms with E-state index in [1.807, 2.05) is 26.0 Å². The van der Waals surface area contributed by atoms with Gasteiger partial charge in [-0.15, -0.1) is 0 Å². The minimum atomic E-state index is -0.649. The molecule has 1 aliphatic rings. The highest BCUT2D eigenvalue weighted by molar-refractivity contribution is 5.89. The molecule has 30 heavy (non-hydrogen) atoms. The van der Waals surface area contributed by atoms with Crippen LogP contribution in [0.4, 0.5) is 4.39 Å². The lowest BCUT2D eigenvalue weighted by molar-refractivity contribution is -0.143. The highest BCUT2D eigenvalue weighted by atomic mass is 19.1. The summed E-state index contributed by atoms with van der Waals surface area (Å²) in [5.74, 6) is -0.00270. The topological polar surface area (TPSA) is 73.9 Å². The molecule has 0 saturated carbocycles. The molecule has 1 amide bonds. The Bertz CT molecular complexity index is 939. The van der Waals surface area contributed by atoms with Gasteiger partial charge < -0.3 is 19.5 Å². The fourth-order valence-electron chi connectivity index (χ4n) is 3.06. The summed E-state index contributed by atoms with van der Waals surface area (Å²) in [7, 11) is 0. The number of benzene rings is 2. The molecule has 0 aliphatic carbocycles. The predicted molar refractivity (Wildman–Crippen MR) is 110 cm³/mol. The maximum Gasteiger partial charge on any atom is 0.331 e. The summed E-state index contributed by atoms with van der Waals surface area (Å²) in [6.45, 7) is 4.19. The molecule has 7 heteroatoms. The first kappa shape index (κ1) is 21.4. The van der Waals surface area contributed by atoms with Crippen LogP contribution in [0.3, 0.4) is 0 Å². The van der Waals surface area contributed by atoms with Crippen LogP contribution in [0.25, 0.3) is 6.08 Å². The minimum Gasteiger partial charge on any atom is -0.493 e. The molecule has 2 aromatic carbocycles. The van der Waals surface area contributed by atoms with Gasteiger partial charge in [0.1, 0.15) is 23.4 Å². The van der Waals surface area contributed by atoms with E-state index in [-0.39, 0.29) is 18.5 Å². The summed E-state index contributed by atoms with van der Waals surface area (Å²) >= 11 is 0. The zero-order valence-corrected chi connectivity index (χ0v) is 16.9. The monoisotopic (exact) mass is 413 g/mol. The van der Waals surface area contributed by atoms with E-state index in [1.165, 1.54) is 18.2 Å². The molecule has 2 aromatic rings. The summed E-state index contributed by atoms with van der Waals surface area (Å²) < 4.78 is 29.3. The van der Waals surface area contributed by atoms with Crippen molar-refractivity contribution in [3.63, 3.8) is 0 Å². The van der Waals surface area contributed by atoms with Crippen LogP contribution in [0.15, 0.2) is 42.5 Å². The standard InChI is InChI=1S/C23H24FNO5/c1-3-28-20-12-18-10-15(2)30-21(18)11-17(20)6-9-23(27)29-14-22(26)25-13-16-4-7-19(24)8-5-16/h4-9,11-12,15H,3,10,13-14H2,1-2H3,(H,25,26)/b9-6+/t15-/m0/s1. The SMILES string of the molecule is CCOc1cc2c(cc1/C=C/C(=O)OCC(=O)NCc1ccc(F)cc1)O[C@@H](C)C2. The summed E-state index contributed by atoms with van der Waals surface area (Å²) in [5.41, 5.74) is 2.51. The lowest BCUT2D eigenvalue weighted by Crippen LogP contribution is -2.28. The van der Waals surface area contributed by atoms with Crippen molar-refractivity contribution < 1.29 is 28.2 Å². The fourth-order valence-corrected chi connectivity index (χ4v) is 3.06. The van der Waals surface area contributed by atoms with Crippen LogP contribution in [0, 0.1) is 5.82 Å². The van der Waals surface area contributed by atoms with Crippen molar-refractivity contribution in [1.29, 1.82) is 0 Å². The van der Waals surface area contributed by atoms with E-state index in [2.05, 4.69) is 5.32 Å². The van der Waals surface area contributed by atoms with E-state index in [1.54, 1.807) is 18.2 Å². The Morgan fingerprint density at radius 3 is 2.77 bits per heavy atom. The Morgan fingerprint density at radius 2 is 2.03 bits per heavy atom. The number of esters is 1. The van der Waals surface area contributed by atoms with Crippen molar-refractivity contribution >= 4 is 18.0 Å². The molecular formula is C23H24FNO5. The summed E-state index contributed by atoms with van der Waals surface area (Å²) in [5, 5.41) is 2.61. The highest BCUT2D eigenvalue weighted by Crippen LogP contribution is 2.35. The van der Waals surface area contributed by atoms with Gasteiger partial charge in [-0.05, 0) is 49.8 Å². The average molecular weight is 413 g/mol. The van der Waals surface area contributed by atoms with E-state index in [0.717, 1.165) is 23.3 Å². The number of nitrogens with one attached hydrogen (secondary N) is 1. The number of hydrogen-bond acceptors (Lipinski definition) is 5. The molecule has 1 atom stereocenters. The molecular weight excluding hydrogens is 389 g/mol. The van der Waals surface area contributed by atoms with Crippen molar-refractivity contribution in [2.45, 2.75) is 32.9 Å². The van der Waals surface area contributed by atoms with Crippen LogP contribution in [0.5, 0.6) is 11.5 Å². The molecule has 1 aliphatic heterocycles. The first-order valence-corrected chi connectivity index (χ1v) is 9.77. The van der Waals surface area contributed by atoms with Crippen LogP contribution >= 0.6 is 0 Å². The quantitative estimate of drug-likeness (QED) is 0.530. The molecule has 1 N–H and O–H groups in total. The highest BCUT2D eigenvalue weighted by Gasteiger charge is 2.21. The summed E-state index contributed by atoms with van der Waals surface area (Å²) in [6, 6.07) is 9.53. The Kier molecular flexibility index (Phi) is 7.06. The molecule has 0 aromatic heterocycles. The second-order valence-electron chi connectivity index (χ2n) is 6.91. The molecule has 158 valence electrons. The average Bonchev–Trinajstić information content (AvgIpc) is 3.09. The number of amides is 1. The number of rotatable bonds is 8. The lowest BCUT2D eigenvalue weighted by atomic mass is 10.1. The maximum absolute atomic E-state index is 12.9. The van der Waals surface area contributed by atoms with Crippen molar-refractivity contribution in [2.75, 3.05) is 13.2 Å². The Hall–Kier alpha value is -3.35. The van der Waals surface area contributed by atoms with Gasteiger partial charge in [0.05, 0.1) is 6.61 Å². The molecule has 0 bridgehead atoms. The van der Waals surface area contributed by atoms with Gasteiger partial charge in [0, 0.05) is 30.2 Å². The van der Waals surface area contributed by atoms with Crippen molar-refractivity contribution in [1.82, 2.24) is 5.32 Å². The number of hydrogen-bond donors (Lipinski definition) is 1. The van der Waals surface area contributed by atoms with Gasteiger partial charge in [-0.3, -0.25) is 4.79 Å². The third-order valence-electron chi connectivity index (χ3n) is 4.48. The van der Waals surface area contributed by atoms with E-state index in [4.69, 9.17) is 14.2 Å². The zero-order chi connectivity index (χ0) is 21.5. The van der Waals surface area contributed by atoms with E-state index in [0.29, 0.717) is 17.9 Å². The molecule has 0 fully saturated rings. The van der Waals surface area contributed by atoms with Gasteiger partial charge in [0.2, 0.25) is 0 Å². The van der Waals surface area contributed by atoms with Gasteiger partial charge in [-0.1, -0.05) is 12.1 Å². The number of carbonyl (C=O) groups excluding carboxylic acids is 2. The van der Waals surface area contributed by atoms with Gasteiger partial charge in [-0.25, -0.2) is 9.18 Å². The second kappa shape index (κ2) is 9.91. The van der Waals surface area contributed by atoms with Crippen LogP contribution in [0.2, 0.25) is 0 Å². The first-order chi connectivity index (χ1) is 14.4. The number of carbonyl (C=O) groups is 2. The lowest BCUT2D eigenvalue weighted by Gasteiger charge is -2.10. The third kappa shape index (κ3) is 5.83. The number of ether oxygens (including phenoxy) is 3. The van der Waals surface area contributed by atoms with Crippen molar-refractivity contribution in [3.05, 3.63) is 65.0 Å². The van der Waals surface area contributed by atoms with E-state index < -0.39 is 18.5 Å². The molecule has 6 nitrogen and oxygen atoms in total. The number of halogens is 1. The van der Waals surface area contributed by atoms with Gasteiger partial charge in [-0.2, -0.15) is 0 Å². The van der Waals surface area contributed by atoms with Crippen LogP contribution < -0.4 is 14.8 Å². The number of fused-ring (bicyclic) bond motifs is 1. The van der Waals surface area contributed by atoms with Gasteiger partial charge in [0.25, 0.3) is 5.91 Å². The summed E-state index contributed by atoms with van der Waals surface area (Å²) in [4.78, 5) is 23.8. The van der Waals surface area contributed by atoms with Gasteiger partial charge >= 0.3 is 5.97 Å². The van der Waals surface area contributed by atoms with Gasteiger partial charge in [0.15, 0.2) is 6.61 Å². The molecule has 0 radical (unpaired) electrons. The van der Waals surface area contributed by atoms with E-state index in [9.17, 15) is 14.0 Å². The smallest absolute Gasteiger partial charge is 0.331 e.